The fourth-order valence-corrected chi connectivity index (χ4v) is 5.01. The fraction of sp³-hybridized carbons (Fsp3) is 0.471. The Hall–Kier alpha value is -2.02. The molecule has 0 spiro atoms. The zero-order valence-corrected chi connectivity index (χ0v) is 14.9. The summed E-state index contributed by atoms with van der Waals surface area (Å²) >= 11 is 0. The van der Waals surface area contributed by atoms with Gasteiger partial charge in [-0.1, -0.05) is 24.6 Å². The third-order valence-electron chi connectivity index (χ3n) is 4.47. The predicted octanol–water partition coefficient (Wildman–Crippen LogP) is 1.56. The molecular formula is C17H20O6S. The molecule has 1 fully saturated rings. The van der Waals surface area contributed by atoms with Gasteiger partial charge in [-0.05, 0) is 19.1 Å². The van der Waals surface area contributed by atoms with Gasteiger partial charge in [-0.3, -0.25) is 18.6 Å². The summed E-state index contributed by atoms with van der Waals surface area (Å²) in [6.45, 7) is 3.48. The van der Waals surface area contributed by atoms with E-state index in [9.17, 15) is 18.6 Å². The molecule has 0 radical (unpaired) electrons. The molecule has 0 bridgehead atoms. The number of esters is 2. The molecule has 130 valence electrons. The molecule has 0 amide bonds. The van der Waals surface area contributed by atoms with Crippen molar-refractivity contribution in [3.05, 3.63) is 29.8 Å². The highest BCUT2D eigenvalue weighted by atomic mass is 32.2. The van der Waals surface area contributed by atoms with E-state index in [0.29, 0.717) is 4.90 Å². The van der Waals surface area contributed by atoms with Crippen LogP contribution in [0.4, 0.5) is 0 Å². The molecule has 0 aliphatic heterocycles. The number of hydrogen-bond acceptors (Lipinski definition) is 6. The average molecular weight is 352 g/mol. The molecular weight excluding hydrogens is 332 g/mol. The molecule has 24 heavy (non-hydrogen) atoms. The summed E-state index contributed by atoms with van der Waals surface area (Å²) in [5.41, 5.74) is -0.881. The van der Waals surface area contributed by atoms with Crippen LogP contribution in [0.25, 0.3) is 0 Å². The molecule has 0 saturated heterocycles. The number of benzene rings is 1. The number of ether oxygens (including phenoxy) is 2. The van der Waals surface area contributed by atoms with Crippen molar-refractivity contribution in [2.75, 3.05) is 14.2 Å². The molecule has 7 heteroatoms. The first-order valence-electron chi connectivity index (χ1n) is 7.50. The lowest BCUT2D eigenvalue weighted by Gasteiger charge is -2.21. The average Bonchev–Trinajstić information content (AvgIpc) is 3.32. The normalized spacial score (nSPS) is 22.3. The highest BCUT2D eigenvalue weighted by molar-refractivity contribution is 7.88. The minimum absolute atomic E-state index is 0.0489. The zero-order chi connectivity index (χ0) is 18.1. The van der Waals surface area contributed by atoms with Crippen LogP contribution in [0, 0.1) is 12.3 Å². The summed E-state index contributed by atoms with van der Waals surface area (Å²) < 4.78 is 21.0. The van der Waals surface area contributed by atoms with E-state index in [1.807, 2.05) is 6.92 Å². The highest BCUT2D eigenvalue weighted by Crippen LogP contribution is 2.63. The molecule has 2 atom stereocenters. The Labute approximate surface area is 143 Å². The van der Waals surface area contributed by atoms with Gasteiger partial charge >= 0.3 is 11.9 Å². The van der Waals surface area contributed by atoms with Gasteiger partial charge < -0.3 is 9.47 Å². The van der Waals surface area contributed by atoms with Crippen molar-refractivity contribution in [1.82, 2.24) is 0 Å². The van der Waals surface area contributed by atoms with Crippen molar-refractivity contribution in [2.45, 2.75) is 36.3 Å². The summed E-state index contributed by atoms with van der Waals surface area (Å²) in [7, 11) is 0.367. The molecule has 1 aromatic rings. The first kappa shape index (κ1) is 18.3. The van der Waals surface area contributed by atoms with Crippen LogP contribution in [0.1, 0.15) is 25.3 Å². The first-order valence-corrected chi connectivity index (χ1v) is 8.65. The molecule has 1 aromatic carbocycles. The molecule has 6 nitrogen and oxygen atoms in total. The van der Waals surface area contributed by atoms with Crippen LogP contribution in [-0.2, 0) is 34.7 Å². The standard InChI is InChI=1S/C17H20O6S/c1-5-13(18)17(24(21)12-8-6-11(2)7-9-12)10-16(17,14(19)22-3)15(20)23-4/h6-9H,5,10H2,1-4H3/t17-,24-/m0/s1. The number of carbonyl (C=O) groups excluding carboxylic acids is 3. The van der Waals surface area contributed by atoms with Crippen LogP contribution in [0.3, 0.4) is 0 Å². The number of aryl methyl sites for hydroxylation is 1. The van der Waals surface area contributed by atoms with Crippen molar-refractivity contribution in [3.63, 3.8) is 0 Å². The van der Waals surface area contributed by atoms with Crippen LogP contribution in [-0.4, -0.2) is 40.9 Å². The summed E-state index contributed by atoms with van der Waals surface area (Å²) in [4.78, 5) is 37.6. The summed E-state index contributed by atoms with van der Waals surface area (Å²) in [5, 5.41) is 0. The van der Waals surface area contributed by atoms with E-state index < -0.39 is 38.7 Å². The largest absolute Gasteiger partial charge is 0.468 e. The Balaban J connectivity index is 2.59. The molecule has 1 aliphatic rings. The van der Waals surface area contributed by atoms with E-state index in [-0.39, 0.29) is 12.8 Å². The van der Waals surface area contributed by atoms with E-state index in [1.54, 1.807) is 31.2 Å². The van der Waals surface area contributed by atoms with Crippen LogP contribution in [0.2, 0.25) is 0 Å². The van der Waals surface area contributed by atoms with E-state index in [1.165, 1.54) is 0 Å². The maximum absolute atomic E-state index is 13.2. The molecule has 0 unspecified atom stereocenters. The van der Waals surface area contributed by atoms with Crippen molar-refractivity contribution in [3.8, 4) is 0 Å². The van der Waals surface area contributed by atoms with Crippen molar-refractivity contribution < 1.29 is 28.1 Å². The van der Waals surface area contributed by atoms with Gasteiger partial charge in [0, 0.05) is 17.7 Å². The lowest BCUT2D eigenvalue weighted by molar-refractivity contribution is -0.162. The highest BCUT2D eigenvalue weighted by Gasteiger charge is 2.84. The zero-order valence-electron chi connectivity index (χ0n) is 14.1. The second-order valence-corrected chi connectivity index (χ2v) is 7.46. The van der Waals surface area contributed by atoms with Crippen molar-refractivity contribution in [1.29, 1.82) is 0 Å². The molecule has 1 saturated carbocycles. The fourth-order valence-electron chi connectivity index (χ4n) is 3.05. The third-order valence-corrected chi connectivity index (χ3v) is 6.52. The van der Waals surface area contributed by atoms with Gasteiger partial charge in [0.25, 0.3) is 0 Å². The van der Waals surface area contributed by atoms with Crippen LogP contribution in [0.5, 0.6) is 0 Å². The maximum atomic E-state index is 13.2. The van der Waals surface area contributed by atoms with Crippen LogP contribution in [0.15, 0.2) is 29.2 Å². The monoisotopic (exact) mass is 352 g/mol. The van der Waals surface area contributed by atoms with E-state index in [4.69, 9.17) is 9.47 Å². The van der Waals surface area contributed by atoms with Gasteiger partial charge in [-0.15, -0.1) is 0 Å². The number of carbonyl (C=O) groups is 3. The van der Waals surface area contributed by atoms with Crippen molar-refractivity contribution >= 4 is 28.5 Å². The van der Waals surface area contributed by atoms with Gasteiger partial charge in [0.2, 0.25) is 0 Å². The molecule has 0 aromatic heterocycles. The Morgan fingerprint density at radius 3 is 2.00 bits per heavy atom. The Morgan fingerprint density at radius 1 is 1.08 bits per heavy atom. The van der Waals surface area contributed by atoms with E-state index >= 15 is 0 Å². The van der Waals surface area contributed by atoms with Crippen LogP contribution < -0.4 is 0 Å². The summed E-state index contributed by atoms with van der Waals surface area (Å²) in [5.74, 6) is -2.20. The third kappa shape index (κ3) is 2.38. The smallest absolute Gasteiger partial charge is 0.325 e. The molecule has 2 rings (SSSR count). The molecule has 0 N–H and O–H groups in total. The van der Waals surface area contributed by atoms with Gasteiger partial charge in [0.05, 0.1) is 25.0 Å². The number of rotatable bonds is 6. The summed E-state index contributed by atoms with van der Waals surface area (Å²) in [6, 6.07) is 6.79. The van der Waals surface area contributed by atoms with E-state index in [0.717, 1.165) is 19.8 Å². The number of methoxy groups -OCH3 is 2. The van der Waals surface area contributed by atoms with Crippen LogP contribution >= 0.6 is 0 Å². The summed E-state index contributed by atoms with van der Waals surface area (Å²) in [6.07, 6.45) is -0.125. The van der Waals surface area contributed by atoms with Gasteiger partial charge in [0.15, 0.2) is 11.2 Å². The van der Waals surface area contributed by atoms with E-state index in [2.05, 4.69) is 0 Å². The molecule has 0 heterocycles. The van der Waals surface area contributed by atoms with Crippen molar-refractivity contribution in [2.24, 2.45) is 5.41 Å². The predicted molar refractivity (Wildman–Crippen MR) is 86.7 cm³/mol. The molecule has 1 aliphatic carbocycles. The lowest BCUT2D eigenvalue weighted by atomic mass is 10.00. The SMILES string of the molecule is CCC(=O)[C@@]1([S@@](=O)c2ccc(C)cc2)CC1(C(=O)OC)C(=O)OC. The number of hydrogen-bond donors (Lipinski definition) is 0. The minimum atomic E-state index is -1.89. The van der Waals surface area contributed by atoms with Gasteiger partial charge in [-0.25, -0.2) is 0 Å². The second-order valence-electron chi connectivity index (χ2n) is 5.75. The first-order chi connectivity index (χ1) is 11.3. The Bertz CT molecular complexity index is 692. The topological polar surface area (TPSA) is 86.7 Å². The Kier molecular flexibility index (Phi) is 4.94. The minimum Gasteiger partial charge on any atom is -0.468 e. The van der Waals surface area contributed by atoms with Gasteiger partial charge in [0.1, 0.15) is 4.75 Å². The number of ketones is 1. The maximum Gasteiger partial charge on any atom is 0.325 e. The Morgan fingerprint density at radius 2 is 1.58 bits per heavy atom. The van der Waals surface area contributed by atoms with Gasteiger partial charge in [-0.2, -0.15) is 0 Å². The second kappa shape index (κ2) is 6.47. The number of Topliss-reactive ketones (excluding diaryl/α,β-unsaturated/α-hetero) is 1. The quantitative estimate of drug-likeness (QED) is 0.570. The lowest BCUT2D eigenvalue weighted by Crippen LogP contribution is -2.44.